The molecule has 0 heterocycles. The summed E-state index contributed by atoms with van der Waals surface area (Å²) < 4.78 is 0. The molecule has 1 N–H and O–H groups in total. The third-order valence-electron chi connectivity index (χ3n) is 3.73. The lowest BCUT2D eigenvalue weighted by Crippen LogP contribution is -2.28. The van der Waals surface area contributed by atoms with Crippen LogP contribution in [0.4, 0.5) is 0 Å². The van der Waals surface area contributed by atoms with Crippen LogP contribution in [0.25, 0.3) is 0 Å². The SMILES string of the molecule is CCCCNC(C)Cc1ccc(C(C)CC)cc1. The van der Waals surface area contributed by atoms with Crippen molar-refractivity contribution in [3.8, 4) is 0 Å². The van der Waals surface area contributed by atoms with Crippen LogP contribution in [-0.2, 0) is 6.42 Å². The van der Waals surface area contributed by atoms with Gasteiger partial charge in [0.15, 0.2) is 0 Å². The van der Waals surface area contributed by atoms with E-state index in [1.807, 2.05) is 0 Å². The minimum Gasteiger partial charge on any atom is -0.314 e. The Labute approximate surface area is 113 Å². The summed E-state index contributed by atoms with van der Waals surface area (Å²) in [6.07, 6.45) is 4.89. The second-order valence-corrected chi connectivity index (χ2v) is 5.46. The van der Waals surface area contributed by atoms with E-state index < -0.39 is 0 Å². The molecule has 18 heavy (non-hydrogen) atoms. The van der Waals surface area contributed by atoms with Gasteiger partial charge >= 0.3 is 0 Å². The maximum Gasteiger partial charge on any atom is 0.00791 e. The van der Waals surface area contributed by atoms with Crippen molar-refractivity contribution in [1.29, 1.82) is 0 Å². The number of hydrogen-bond donors (Lipinski definition) is 1. The van der Waals surface area contributed by atoms with E-state index in [1.165, 1.54) is 30.4 Å². The van der Waals surface area contributed by atoms with E-state index in [9.17, 15) is 0 Å². The first kappa shape index (κ1) is 15.2. The molecular formula is C17H29N. The van der Waals surface area contributed by atoms with E-state index in [1.54, 1.807) is 0 Å². The number of rotatable bonds is 8. The molecule has 1 heteroatoms. The van der Waals surface area contributed by atoms with E-state index in [-0.39, 0.29) is 0 Å². The van der Waals surface area contributed by atoms with Crippen LogP contribution in [0.15, 0.2) is 24.3 Å². The highest BCUT2D eigenvalue weighted by Gasteiger charge is 2.05. The average molecular weight is 247 g/mol. The van der Waals surface area contributed by atoms with Crippen molar-refractivity contribution < 1.29 is 0 Å². The molecule has 0 aliphatic heterocycles. The van der Waals surface area contributed by atoms with Gasteiger partial charge in [-0.25, -0.2) is 0 Å². The largest absolute Gasteiger partial charge is 0.314 e. The first-order chi connectivity index (χ1) is 8.67. The van der Waals surface area contributed by atoms with Gasteiger partial charge < -0.3 is 5.32 Å². The van der Waals surface area contributed by atoms with E-state index in [2.05, 4.69) is 57.3 Å². The molecule has 0 radical (unpaired) electrons. The van der Waals surface area contributed by atoms with E-state index in [4.69, 9.17) is 0 Å². The highest BCUT2D eigenvalue weighted by atomic mass is 14.9. The van der Waals surface area contributed by atoms with Crippen molar-refractivity contribution in [2.45, 2.75) is 65.3 Å². The van der Waals surface area contributed by atoms with Gasteiger partial charge in [0.2, 0.25) is 0 Å². The number of benzene rings is 1. The van der Waals surface area contributed by atoms with Crippen LogP contribution < -0.4 is 5.32 Å². The lowest BCUT2D eigenvalue weighted by Gasteiger charge is -2.15. The van der Waals surface area contributed by atoms with Crippen LogP contribution >= 0.6 is 0 Å². The Hall–Kier alpha value is -0.820. The van der Waals surface area contributed by atoms with Gasteiger partial charge in [0.1, 0.15) is 0 Å². The predicted molar refractivity (Wildman–Crippen MR) is 81.2 cm³/mol. The summed E-state index contributed by atoms with van der Waals surface area (Å²) in [7, 11) is 0. The van der Waals surface area contributed by atoms with Crippen molar-refractivity contribution in [1.82, 2.24) is 5.32 Å². The molecule has 0 spiro atoms. The molecule has 0 aromatic heterocycles. The molecule has 1 aromatic rings. The van der Waals surface area contributed by atoms with Crippen molar-refractivity contribution >= 4 is 0 Å². The molecule has 1 rings (SSSR count). The molecular weight excluding hydrogens is 218 g/mol. The van der Waals surface area contributed by atoms with Gasteiger partial charge in [-0.15, -0.1) is 0 Å². The fraction of sp³-hybridized carbons (Fsp3) is 0.647. The van der Waals surface area contributed by atoms with Crippen LogP contribution in [0.5, 0.6) is 0 Å². The summed E-state index contributed by atoms with van der Waals surface area (Å²) in [5.74, 6) is 0.680. The Morgan fingerprint density at radius 2 is 1.72 bits per heavy atom. The van der Waals surface area contributed by atoms with Gasteiger partial charge in [0.05, 0.1) is 0 Å². The van der Waals surface area contributed by atoms with Gasteiger partial charge in [-0.3, -0.25) is 0 Å². The fourth-order valence-corrected chi connectivity index (χ4v) is 2.17. The van der Waals surface area contributed by atoms with E-state index in [0.717, 1.165) is 13.0 Å². The highest BCUT2D eigenvalue weighted by molar-refractivity contribution is 5.25. The third-order valence-corrected chi connectivity index (χ3v) is 3.73. The van der Waals surface area contributed by atoms with Gasteiger partial charge in [0.25, 0.3) is 0 Å². The molecule has 102 valence electrons. The molecule has 0 aliphatic rings. The van der Waals surface area contributed by atoms with Gasteiger partial charge in [0, 0.05) is 6.04 Å². The van der Waals surface area contributed by atoms with E-state index in [0.29, 0.717) is 12.0 Å². The zero-order chi connectivity index (χ0) is 13.4. The summed E-state index contributed by atoms with van der Waals surface area (Å²) >= 11 is 0. The normalized spacial score (nSPS) is 14.4. The Morgan fingerprint density at radius 1 is 1.06 bits per heavy atom. The molecule has 0 bridgehead atoms. The minimum atomic E-state index is 0.575. The standard InChI is InChI=1S/C17H29N/c1-5-7-12-18-15(4)13-16-8-10-17(11-9-16)14(3)6-2/h8-11,14-15,18H,5-7,12-13H2,1-4H3. The molecule has 1 nitrogen and oxygen atoms in total. The third kappa shape index (κ3) is 5.22. The molecule has 2 atom stereocenters. The Balaban J connectivity index is 2.43. The first-order valence-corrected chi connectivity index (χ1v) is 7.49. The molecule has 0 fully saturated rings. The minimum absolute atomic E-state index is 0.575. The summed E-state index contributed by atoms with van der Waals surface area (Å²) in [4.78, 5) is 0. The number of unbranched alkanes of at least 4 members (excludes halogenated alkanes) is 1. The van der Waals surface area contributed by atoms with Crippen molar-refractivity contribution in [2.24, 2.45) is 0 Å². The second-order valence-electron chi connectivity index (χ2n) is 5.46. The van der Waals surface area contributed by atoms with Crippen molar-refractivity contribution in [3.63, 3.8) is 0 Å². The molecule has 2 unspecified atom stereocenters. The summed E-state index contributed by atoms with van der Waals surface area (Å²) in [5, 5.41) is 3.58. The summed E-state index contributed by atoms with van der Waals surface area (Å²) in [6, 6.07) is 9.75. The van der Waals surface area contributed by atoms with Crippen LogP contribution in [0.1, 0.15) is 64.0 Å². The maximum atomic E-state index is 3.58. The topological polar surface area (TPSA) is 12.0 Å². The fourth-order valence-electron chi connectivity index (χ4n) is 2.17. The number of hydrogen-bond acceptors (Lipinski definition) is 1. The molecule has 0 saturated heterocycles. The monoisotopic (exact) mass is 247 g/mol. The lowest BCUT2D eigenvalue weighted by molar-refractivity contribution is 0.531. The van der Waals surface area contributed by atoms with Crippen molar-refractivity contribution in [2.75, 3.05) is 6.54 Å². The molecule has 1 aromatic carbocycles. The highest BCUT2D eigenvalue weighted by Crippen LogP contribution is 2.19. The van der Waals surface area contributed by atoms with Crippen molar-refractivity contribution in [3.05, 3.63) is 35.4 Å². The van der Waals surface area contributed by atoms with Crippen LogP contribution in [0.3, 0.4) is 0 Å². The molecule has 0 saturated carbocycles. The molecule has 0 aliphatic carbocycles. The van der Waals surface area contributed by atoms with Crippen LogP contribution in [0.2, 0.25) is 0 Å². The van der Waals surface area contributed by atoms with Gasteiger partial charge in [-0.1, -0.05) is 51.5 Å². The smallest absolute Gasteiger partial charge is 0.00791 e. The Bertz CT molecular complexity index is 315. The Kier molecular flexibility index (Phi) is 7.04. The summed E-state index contributed by atoms with van der Waals surface area (Å²) in [5.41, 5.74) is 2.91. The second kappa shape index (κ2) is 8.31. The first-order valence-electron chi connectivity index (χ1n) is 7.49. The van der Waals surface area contributed by atoms with E-state index >= 15 is 0 Å². The predicted octanol–water partition coefficient (Wildman–Crippen LogP) is 4.52. The number of nitrogens with one attached hydrogen (secondary N) is 1. The average Bonchev–Trinajstić information content (AvgIpc) is 2.39. The van der Waals surface area contributed by atoms with Crippen LogP contribution in [-0.4, -0.2) is 12.6 Å². The van der Waals surface area contributed by atoms with Gasteiger partial charge in [-0.2, -0.15) is 0 Å². The zero-order valence-electron chi connectivity index (χ0n) is 12.5. The quantitative estimate of drug-likeness (QED) is 0.666. The van der Waals surface area contributed by atoms with Crippen LogP contribution in [0, 0.1) is 0 Å². The zero-order valence-corrected chi connectivity index (χ0v) is 12.5. The summed E-state index contributed by atoms with van der Waals surface area (Å²) in [6.45, 7) is 10.2. The van der Waals surface area contributed by atoms with Gasteiger partial charge in [-0.05, 0) is 49.8 Å². The Morgan fingerprint density at radius 3 is 2.28 bits per heavy atom. The molecule has 0 amide bonds. The maximum absolute atomic E-state index is 3.58. The lowest BCUT2D eigenvalue weighted by atomic mass is 9.96.